The molecule has 0 fully saturated rings. The van der Waals surface area contributed by atoms with Crippen LogP contribution in [0.1, 0.15) is 110 Å². The van der Waals surface area contributed by atoms with Crippen LogP contribution >= 0.6 is 0 Å². The summed E-state index contributed by atoms with van der Waals surface area (Å²) in [4.78, 5) is 8.88. The molecule has 0 atom stereocenters. The van der Waals surface area contributed by atoms with Gasteiger partial charge in [-0.3, -0.25) is 0 Å². The van der Waals surface area contributed by atoms with Crippen molar-refractivity contribution in [3.63, 3.8) is 0 Å². The Balaban J connectivity index is 2.96. The van der Waals surface area contributed by atoms with Gasteiger partial charge in [-0.15, -0.1) is 0 Å². The lowest BCUT2D eigenvalue weighted by Crippen LogP contribution is -2.00. The molecule has 0 aromatic rings. The largest absolute Gasteiger partial charge is 0.315 e. The molecule has 0 aromatic heterocycles. The van der Waals surface area contributed by atoms with E-state index in [4.69, 9.17) is 4.89 Å². The lowest BCUT2D eigenvalue weighted by atomic mass is 10.0. The zero-order valence-electron chi connectivity index (χ0n) is 16.8. The molecule has 0 spiro atoms. The summed E-state index contributed by atoms with van der Waals surface area (Å²) < 4.78 is 0. The Bertz CT molecular complexity index is 263. The van der Waals surface area contributed by atoms with Crippen LogP contribution in [0.3, 0.4) is 0 Å². The first-order valence-corrected chi connectivity index (χ1v) is 10.5. The fraction of sp³-hybridized carbons (Fsp3) is 0.900. The minimum absolute atomic E-state index is 0.449. The van der Waals surface area contributed by atoms with Crippen LogP contribution in [-0.2, 0) is 29.9 Å². The Kier molecular flexibility index (Phi) is 23.7. The monoisotopic (exact) mass is 376 g/mol. The van der Waals surface area contributed by atoms with E-state index in [2.05, 4.69) is 38.5 Å². The summed E-state index contributed by atoms with van der Waals surface area (Å²) in [7, 11) is 0. The summed E-state index contributed by atoms with van der Waals surface area (Å²) in [5.41, 5.74) is 0. The average molecular weight is 377 g/mol. The normalized spacial score (nSPS) is 11.0. The third-order valence-corrected chi connectivity index (χ3v) is 4.32. The first-order valence-electron chi connectivity index (χ1n) is 10.5. The van der Waals surface area contributed by atoms with Crippen molar-refractivity contribution in [1.82, 2.24) is 0 Å². The predicted octanol–water partition coefficient (Wildman–Crippen LogP) is 7.07. The summed E-state index contributed by atoms with van der Waals surface area (Å²) in [6.45, 7) is 5.95. The van der Waals surface area contributed by atoms with Gasteiger partial charge in [-0.05, 0) is 16.5 Å². The van der Waals surface area contributed by atoms with Crippen LogP contribution in [0.25, 0.3) is 0 Å². The highest BCUT2D eigenvalue weighted by Gasteiger charge is 1.96. The number of hydrogen-bond donors (Lipinski definition) is 0. The molecule has 0 amide bonds. The van der Waals surface area contributed by atoms with E-state index in [1.807, 2.05) is 0 Å². The lowest BCUT2D eigenvalue weighted by Gasteiger charge is -2.03. The molecule has 0 heterocycles. The van der Waals surface area contributed by atoms with Crippen LogP contribution in [0.15, 0.2) is 12.8 Å². The van der Waals surface area contributed by atoms with Gasteiger partial charge in [0.1, 0.15) is 6.26 Å². The van der Waals surface area contributed by atoms with Crippen molar-refractivity contribution in [1.29, 1.82) is 0 Å². The minimum Gasteiger partial charge on any atom is -0.315 e. The van der Waals surface area contributed by atoms with Gasteiger partial charge in [-0.2, -0.15) is 0 Å². The molecule has 0 aliphatic heterocycles. The summed E-state index contributed by atoms with van der Waals surface area (Å²) in [5, 5.41) is 16.2. The predicted molar refractivity (Wildman–Crippen MR) is 101 cm³/mol. The maximum atomic E-state index is 4.72. The average Bonchev–Trinajstić information content (AvgIpc) is 2.66. The number of hydrogen-bond acceptors (Lipinski definition) is 6. The summed E-state index contributed by atoms with van der Waals surface area (Å²) in [6.07, 6.45) is 22.4. The van der Waals surface area contributed by atoms with E-state index in [0.29, 0.717) is 6.61 Å². The summed E-state index contributed by atoms with van der Waals surface area (Å²) in [6, 6.07) is 0. The third kappa shape index (κ3) is 23.3. The fourth-order valence-corrected chi connectivity index (χ4v) is 2.83. The summed E-state index contributed by atoms with van der Waals surface area (Å²) >= 11 is 0. The Hall–Kier alpha value is -0.660. The van der Waals surface area contributed by atoms with Gasteiger partial charge in [0.25, 0.3) is 0 Å². The van der Waals surface area contributed by atoms with Crippen molar-refractivity contribution in [3.8, 4) is 0 Å². The van der Waals surface area contributed by atoms with E-state index in [9.17, 15) is 0 Å². The Labute approximate surface area is 159 Å². The van der Waals surface area contributed by atoms with E-state index in [-0.39, 0.29) is 0 Å². The quantitative estimate of drug-likeness (QED) is 0.0823. The zero-order valence-corrected chi connectivity index (χ0v) is 16.8. The van der Waals surface area contributed by atoms with E-state index in [1.165, 1.54) is 89.9 Å². The molecule has 156 valence electrons. The summed E-state index contributed by atoms with van der Waals surface area (Å²) in [5.74, 6) is 0. The van der Waals surface area contributed by atoms with Gasteiger partial charge in [-0.25, -0.2) is 4.89 Å². The molecule has 0 unspecified atom stereocenters. The highest BCUT2D eigenvalue weighted by molar-refractivity contribution is 4.49. The Morgan fingerprint density at radius 1 is 0.538 bits per heavy atom. The molecule has 0 rings (SSSR count). The maximum absolute atomic E-state index is 4.72. The molecule has 26 heavy (non-hydrogen) atoms. The van der Waals surface area contributed by atoms with Gasteiger partial charge in [0.15, 0.2) is 0 Å². The molecular weight excluding hydrogens is 336 g/mol. The molecule has 0 saturated heterocycles. The van der Waals surface area contributed by atoms with Crippen molar-refractivity contribution < 1.29 is 29.9 Å². The lowest BCUT2D eigenvalue weighted by molar-refractivity contribution is -0.751. The molecule has 0 aliphatic rings. The number of rotatable bonds is 23. The molecule has 0 aromatic carbocycles. The van der Waals surface area contributed by atoms with Crippen molar-refractivity contribution in [2.24, 2.45) is 0 Å². The SMILES string of the molecule is C=COOOOOOCCCCCCCCCCCCCCCCCC. The van der Waals surface area contributed by atoms with Gasteiger partial charge in [0.2, 0.25) is 0 Å². The van der Waals surface area contributed by atoms with Crippen LogP contribution < -0.4 is 0 Å². The van der Waals surface area contributed by atoms with E-state index >= 15 is 0 Å². The van der Waals surface area contributed by atoms with Gasteiger partial charge in [0, 0.05) is 10.1 Å². The van der Waals surface area contributed by atoms with Gasteiger partial charge in [0.05, 0.1) is 6.61 Å². The minimum atomic E-state index is 0.449. The van der Waals surface area contributed by atoms with Gasteiger partial charge < -0.3 is 4.89 Å². The zero-order chi connectivity index (χ0) is 19.0. The first-order chi connectivity index (χ1) is 12.9. The smallest absolute Gasteiger partial charge is 0.125 e. The Morgan fingerprint density at radius 2 is 0.962 bits per heavy atom. The standard InChI is InChI=1S/C20H40O6/c1-3-5-6-7-8-9-10-11-12-13-14-15-16-17-18-19-20-22-24-26-25-23-21-4-2/h4H,2-3,5-20H2,1H3. The van der Waals surface area contributed by atoms with E-state index in [0.717, 1.165) is 19.1 Å². The van der Waals surface area contributed by atoms with Crippen molar-refractivity contribution in [3.05, 3.63) is 12.8 Å². The fourth-order valence-electron chi connectivity index (χ4n) is 2.83. The second kappa shape index (κ2) is 24.3. The van der Waals surface area contributed by atoms with Crippen LogP contribution in [0.2, 0.25) is 0 Å². The van der Waals surface area contributed by atoms with Crippen molar-refractivity contribution in [2.75, 3.05) is 6.61 Å². The van der Waals surface area contributed by atoms with Crippen LogP contribution in [-0.4, -0.2) is 6.61 Å². The van der Waals surface area contributed by atoms with Crippen molar-refractivity contribution >= 4 is 0 Å². The number of unbranched alkanes of at least 4 members (excludes halogenated alkanes) is 15. The molecular formula is C20H40O6. The molecule has 0 N–H and O–H groups in total. The highest BCUT2D eigenvalue weighted by Crippen LogP contribution is 2.13. The molecule has 0 radical (unpaired) electrons. The molecule has 0 saturated carbocycles. The molecule has 0 bridgehead atoms. The molecule has 6 nitrogen and oxygen atoms in total. The molecule has 0 aliphatic carbocycles. The topological polar surface area (TPSA) is 55.4 Å². The van der Waals surface area contributed by atoms with E-state index in [1.54, 1.807) is 0 Å². The second-order valence-electron chi connectivity index (χ2n) is 6.66. The highest BCUT2D eigenvalue weighted by atomic mass is 17.8. The van der Waals surface area contributed by atoms with Crippen LogP contribution in [0, 0.1) is 0 Å². The first kappa shape index (κ1) is 25.3. The molecule has 6 heteroatoms. The van der Waals surface area contributed by atoms with Gasteiger partial charge >= 0.3 is 0 Å². The van der Waals surface area contributed by atoms with Crippen molar-refractivity contribution in [2.45, 2.75) is 110 Å². The van der Waals surface area contributed by atoms with Crippen LogP contribution in [0.4, 0.5) is 0 Å². The third-order valence-electron chi connectivity index (χ3n) is 4.32. The maximum Gasteiger partial charge on any atom is 0.125 e. The van der Waals surface area contributed by atoms with E-state index < -0.39 is 0 Å². The second-order valence-corrected chi connectivity index (χ2v) is 6.66. The Morgan fingerprint density at radius 3 is 1.42 bits per heavy atom. The van der Waals surface area contributed by atoms with Gasteiger partial charge in [-0.1, -0.05) is 110 Å². The van der Waals surface area contributed by atoms with Crippen LogP contribution in [0.5, 0.6) is 0 Å².